The third-order valence-corrected chi connectivity index (χ3v) is 2.41. The molecular formula is C8H11ClO3. The lowest BCUT2D eigenvalue weighted by Gasteiger charge is -2.18. The first kappa shape index (κ1) is 8.51. The molecule has 0 spiro atoms. The van der Waals surface area contributed by atoms with Gasteiger partial charge in [0.25, 0.3) is 0 Å². The number of rotatable bonds is 0. The van der Waals surface area contributed by atoms with E-state index in [-0.39, 0.29) is 12.2 Å². The van der Waals surface area contributed by atoms with Crippen LogP contribution in [0, 0.1) is 0 Å². The molecule has 0 amide bonds. The van der Waals surface area contributed by atoms with E-state index >= 15 is 0 Å². The summed E-state index contributed by atoms with van der Waals surface area (Å²) in [6.45, 7) is 3.62. The first-order valence-electron chi connectivity index (χ1n) is 3.90. The second-order valence-electron chi connectivity index (χ2n) is 3.56. The van der Waals surface area contributed by atoms with Crippen LogP contribution in [0.4, 0.5) is 0 Å². The van der Waals surface area contributed by atoms with Gasteiger partial charge in [0, 0.05) is 5.03 Å². The van der Waals surface area contributed by atoms with Gasteiger partial charge in [-0.05, 0) is 19.9 Å². The second-order valence-corrected chi connectivity index (χ2v) is 4.00. The maximum absolute atomic E-state index is 9.44. The average Bonchev–Trinajstić information content (AvgIpc) is 2.34. The van der Waals surface area contributed by atoms with Crippen LogP contribution in [-0.2, 0) is 9.47 Å². The van der Waals surface area contributed by atoms with Crippen LogP contribution < -0.4 is 0 Å². The van der Waals surface area contributed by atoms with Crippen molar-refractivity contribution in [1.29, 1.82) is 0 Å². The molecule has 0 bridgehead atoms. The van der Waals surface area contributed by atoms with E-state index in [1.165, 1.54) is 0 Å². The average molecular weight is 191 g/mol. The highest BCUT2D eigenvalue weighted by atomic mass is 35.5. The molecule has 0 saturated carbocycles. The van der Waals surface area contributed by atoms with E-state index in [1.807, 2.05) is 13.8 Å². The number of hydrogen-bond acceptors (Lipinski definition) is 3. The molecule has 2 rings (SSSR count). The van der Waals surface area contributed by atoms with Crippen molar-refractivity contribution in [2.24, 2.45) is 0 Å². The molecule has 2 aliphatic rings. The van der Waals surface area contributed by atoms with Crippen LogP contribution in [0.3, 0.4) is 0 Å². The van der Waals surface area contributed by atoms with Gasteiger partial charge in [0.2, 0.25) is 0 Å². The minimum Gasteiger partial charge on any atom is -0.386 e. The summed E-state index contributed by atoms with van der Waals surface area (Å²) < 4.78 is 10.9. The Balaban J connectivity index is 2.21. The van der Waals surface area contributed by atoms with E-state index < -0.39 is 11.9 Å². The van der Waals surface area contributed by atoms with Gasteiger partial charge in [0.15, 0.2) is 5.79 Å². The Labute approximate surface area is 75.9 Å². The minimum absolute atomic E-state index is 0.281. The summed E-state index contributed by atoms with van der Waals surface area (Å²) >= 11 is 5.83. The molecule has 12 heavy (non-hydrogen) atoms. The first-order chi connectivity index (χ1) is 5.49. The van der Waals surface area contributed by atoms with Gasteiger partial charge in [-0.25, -0.2) is 0 Å². The summed E-state index contributed by atoms with van der Waals surface area (Å²) in [5, 5.41) is 9.98. The highest BCUT2D eigenvalue weighted by molar-refractivity contribution is 6.30. The van der Waals surface area contributed by atoms with Crippen molar-refractivity contribution in [2.45, 2.75) is 37.9 Å². The van der Waals surface area contributed by atoms with E-state index in [4.69, 9.17) is 21.1 Å². The zero-order valence-corrected chi connectivity index (χ0v) is 7.71. The largest absolute Gasteiger partial charge is 0.386 e. The Bertz CT molecular complexity index is 236. The number of fused-ring (bicyclic) bond motifs is 1. The smallest absolute Gasteiger partial charge is 0.164 e. The van der Waals surface area contributed by atoms with Gasteiger partial charge >= 0.3 is 0 Å². The molecule has 0 aromatic carbocycles. The molecule has 1 fully saturated rings. The molecule has 0 radical (unpaired) electrons. The van der Waals surface area contributed by atoms with E-state index in [2.05, 4.69) is 0 Å². The molecule has 0 aromatic rings. The fourth-order valence-corrected chi connectivity index (χ4v) is 1.90. The van der Waals surface area contributed by atoms with Crippen molar-refractivity contribution in [3.05, 3.63) is 11.1 Å². The third-order valence-electron chi connectivity index (χ3n) is 2.07. The minimum atomic E-state index is -0.635. The molecule has 4 heteroatoms. The van der Waals surface area contributed by atoms with E-state index in [9.17, 15) is 5.11 Å². The molecule has 68 valence electrons. The molecule has 3 atom stereocenters. The van der Waals surface area contributed by atoms with Gasteiger partial charge < -0.3 is 14.6 Å². The molecule has 1 aliphatic carbocycles. The van der Waals surface area contributed by atoms with Gasteiger partial charge in [0.05, 0.1) is 0 Å². The highest BCUT2D eigenvalue weighted by Gasteiger charge is 2.49. The lowest BCUT2D eigenvalue weighted by atomic mass is 10.2. The molecule has 1 saturated heterocycles. The Morgan fingerprint density at radius 3 is 2.75 bits per heavy atom. The van der Waals surface area contributed by atoms with Crippen LogP contribution in [0.25, 0.3) is 0 Å². The topological polar surface area (TPSA) is 38.7 Å². The summed E-state index contributed by atoms with van der Waals surface area (Å²) in [6.07, 6.45) is 0.319. The van der Waals surface area contributed by atoms with Crippen LogP contribution in [-0.4, -0.2) is 29.2 Å². The Kier molecular flexibility index (Phi) is 1.74. The van der Waals surface area contributed by atoms with Crippen molar-refractivity contribution >= 4 is 11.6 Å². The summed E-state index contributed by atoms with van der Waals surface area (Å²) in [5.41, 5.74) is 0. The van der Waals surface area contributed by atoms with Gasteiger partial charge in [-0.1, -0.05) is 11.6 Å². The summed E-state index contributed by atoms with van der Waals surface area (Å²) in [5.74, 6) is -0.634. The van der Waals surface area contributed by atoms with Crippen molar-refractivity contribution in [3.8, 4) is 0 Å². The van der Waals surface area contributed by atoms with Gasteiger partial charge in [-0.15, -0.1) is 0 Å². The lowest BCUT2D eigenvalue weighted by molar-refractivity contribution is -0.152. The lowest BCUT2D eigenvalue weighted by Crippen LogP contribution is -2.28. The molecule has 3 nitrogen and oxygen atoms in total. The predicted molar refractivity (Wildman–Crippen MR) is 43.8 cm³/mol. The quantitative estimate of drug-likeness (QED) is 0.620. The maximum Gasteiger partial charge on any atom is 0.164 e. The van der Waals surface area contributed by atoms with Crippen molar-refractivity contribution in [1.82, 2.24) is 0 Å². The molecular weight excluding hydrogens is 180 g/mol. The number of hydrogen-bond donors (Lipinski definition) is 1. The zero-order chi connectivity index (χ0) is 8.93. The molecule has 1 unspecified atom stereocenters. The van der Waals surface area contributed by atoms with Crippen molar-refractivity contribution < 1.29 is 14.6 Å². The van der Waals surface area contributed by atoms with E-state index in [0.29, 0.717) is 5.03 Å². The second kappa shape index (κ2) is 2.45. The number of ether oxygens (including phenoxy) is 2. The SMILES string of the molecule is CC1(C)O[C@@H]2C(O)C=C(Cl)[C@@H]2O1. The van der Waals surface area contributed by atoms with E-state index in [1.54, 1.807) is 6.08 Å². The highest BCUT2D eigenvalue weighted by Crippen LogP contribution is 2.39. The molecule has 1 heterocycles. The Hall–Kier alpha value is -0.0900. The van der Waals surface area contributed by atoms with E-state index in [0.717, 1.165) is 0 Å². The van der Waals surface area contributed by atoms with Crippen LogP contribution >= 0.6 is 11.6 Å². The first-order valence-corrected chi connectivity index (χ1v) is 4.28. The van der Waals surface area contributed by atoms with Crippen LogP contribution in [0.15, 0.2) is 11.1 Å². The summed E-state index contributed by atoms with van der Waals surface area (Å²) in [7, 11) is 0. The van der Waals surface area contributed by atoms with Crippen molar-refractivity contribution in [2.75, 3.05) is 0 Å². The fourth-order valence-electron chi connectivity index (χ4n) is 1.60. The standard InChI is InChI=1S/C8H11ClO3/c1-8(2)11-6-4(9)3-5(10)7(6)12-8/h3,5-7,10H,1-2H3/t5?,6-,7+/m0/s1. The van der Waals surface area contributed by atoms with Crippen LogP contribution in [0.1, 0.15) is 13.8 Å². The molecule has 1 aliphatic heterocycles. The van der Waals surface area contributed by atoms with Gasteiger partial charge in [-0.3, -0.25) is 0 Å². The summed E-state index contributed by atoms with van der Waals surface area (Å²) in [6, 6.07) is 0. The molecule has 1 N–H and O–H groups in total. The normalized spacial score (nSPS) is 44.3. The number of aliphatic hydroxyl groups excluding tert-OH is 1. The van der Waals surface area contributed by atoms with Crippen molar-refractivity contribution in [3.63, 3.8) is 0 Å². The zero-order valence-electron chi connectivity index (χ0n) is 6.95. The number of halogens is 1. The maximum atomic E-state index is 9.44. The van der Waals surface area contributed by atoms with Gasteiger partial charge in [0.1, 0.15) is 18.3 Å². The molecule has 0 aromatic heterocycles. The monoisotopic (exact) mass is 190 g/mol. The van der Waals surface area contributed by atoms with Crippen LogP contribution in [0.2, 0.25) is 0 Å². The summed E-state index contributed by atoms with van der Waals surface area (Å²) in [4.78, 5) is 0. The van der Waals surface area contributed by atoms with Crippen LogP contribution in [0.5, 0.6) is 0 Å². The Morgan fingerprint density at radius 1 is 1.50 bits per heavy atom. The fraction of sp³-hybridized carbons (Fsp3) is 0.750. The van der Waals surface area contributed by atoms with Gasteiger partial charge in [-0.2, -0.15) is 0 Å². The Morgan fingerprint density at radius 2 is 2.17 bits per heavy atom. The third kappa shape index (κ3) is 1.17. The predicted octanol–water partition coefficient (Wildman–Crippen LogP) is 1.00. The number of aliphatic hydroxyl groups is 1.